The Morgan fingerprint density at radius 1 is 1.10 bits per heavy atom. The topological polar surface area (TPSA) is 48.1 Å². The van der Waals surface area contributed by atoms with Gasteiger partial charge in [-0.25, -0.2) is 4.98 Å². The molecule has 2 N–H and O–H groups in total. The molecule has 0 unspecified atom stereocenters. The van der Waals surface area contributed by atoms with E-state index < -0.39 is 0 Å². The second-order valence-electron chi connectivity index (χ2n) is 4.83. The molecule has 0 atom stereocenters. The normalized spacial score (nSPS) is 10.8. The van der Waals surface area contributed by atoms with Gasteiger partial charge in [0.15, 0.2) is 0 Å². The highest BCUT2D eigenvalue weighted by Gasteiger charge is 2.09. The zero-order valence-corrected chi connectivity index (χ0v) is 12.4. The van der Waals surface area contributed by atoms with Gasteiger partial charge >= 0.3 is 0 Å². The SMILES string of the molecule is COc1ccccc1Cc1cc2cccc(Cl)c2nc1N. The Labute approximate surface area is 128 Å². The number of methoxy groups -OCH3 is 1. The quantitative estimate of drug-likeness (QED) is 0.793. The summed E-state index contributed by atoms with van der Waals surface area (Å²) in [5.74, 6) is 1.35. The van der Waals surface area contributed by atoms with E-state index >= 15 is 0 Å². The van der Waals surface area contributed by atoms with Gasteiger partial charge in [0.2, 0.25) is 0 Å². The molecule has 1 aromatic heterocycles. The average Bonchev–Trinajstić information content (AvgIpc) is 2.50. The van der Waals surface area contributed by atoms with Crippen LogP contribution in [0.1, 0.15) is 11.1 Å². The molecule has 0 spiro atoms. The highest BCUT2D eigenvalue weighted by Crippen LogP contribution is 2.28. The number of benzene rings is 2. The van der Waals surface area contributed by atoms with E-state index in [4.69, 9.17) is 22.1 Å². The van der Waals surface area contributed by atoms with Crippen LogP contribution in [0.2, 0.25) is 5.02 Å². The molecule has 3 nitrogen and oxygen atoms in total. The van der Waals surface area contributed by atoms with Crippen LogP contribution in [0, 0.1) is 0 Å². The molecule has 0 aliphatic carbocycles. The number of pyridine rings is 1. The Kier molecular flexibility index (Phi) is 3.67. The molecule has 0 saturated carbocycles. The summed E-state index contributed by atoms with van der Waals surface area (Å²) in [6.07, 6.45) is 0.672. The van der Waals surface area contributed by atoms with Crippen LogP contribution in [0.3, 0.4) is 0 Å². The molecule has 0 radical (unpaired) electrons. The number of nitrogen functional groups attached to an aromatic ring is 1. The first-order chi connectivity index (χ1) is 10.2. The summed E-state index contributed by atoms with van der Waals surface area (Å²) in [6.45, 7) is 0. The van der Waals surface area contributed by atoms with Gasteiger partial charge in [0.1, 0.15) is 11.6 Å². The van der Waals surface area contributed by atoms with Crippen molar-refractivity contribution in [3.8, 4) is 5.75 Å². The minimum atomic E-state index is 0.501. The van der Waals surface area contributed by atoms with E-state index in [1.165, 1.54) is 0 Å². The van der Waals surface area contributed by atoms with Crippen molar-refractivity contribution in [2.45, 2.75) is 6.42 Å². The zero-order valence-electron chi connectivity index (χ0n) is 11.6. The first-order valence-corrected chi connectivity index (χ1v) is 7.02. The third-order valence-electron chi connectivity index (χ3n) is 3.48. The van der Waals surface area contributed by atoms with E-state index in [-0.39, 0.29) is 0 Å². The molecule has 3 rings (SSSR count). The number of nitrogens with two attached hydrogens (primary N) is 1. The van der Waals surface area contributed by atoms with Crippen molar-refractivity contribution in [1.82, 2.24) is 4.98 Å². The number of para-hydroxylation sites is 2. The van der Waals surface area contributed by atoms with Crippen molar-refractivity contribution in [2.24, 2.45) is 0 Å². The lowest BCUT2D eigenvalue weighted by Gasteiger charge is -2.11. The fourth-order valence-corrected chi connectivity index (χ4v) is 2.64. The lowest BCUT2D eigenvalue weighted by atomic mass is 10.0. The van der Waals surface area contributed by atoms with Crippen molar-refractivity contribution < 1.29 is 4.74 Å². The molecular weight excluding hydrogens is 284 g/mol. The van der Waals surface area contributed by atoms with Crippen molar-refractivity contribution >= 4 is 28.3 Å². The summed E-state index contributed by atoms with van der Waals surface area (Å²) < 4.78 is 5.38. The molecule has 4 heteroatoms. The fraction of sp³-hybridized carbons (Fsp3) is 0.118. The number of hydrogen-bond acceptors (Lipinski definition) is 3. The van der Waals surface area contributed by atoms with E-state index in [1.807, 2.05) is 48.5 Å². The van der Waals surface area contributed by atoms with Crippen LogP contribution >= 0.6 is 11.6 Å². The van der Waals surface area contributed by atoms with Gasteiger partial charge < -0.3 is 10.5 Å². The number of nitrogens with zero attached hydrogens (tertiary/aromatic N) is 1. The number of hydrogen-bond donors (Lipinski definition) is 1. The summed E-state index contributed by atoms with van der Waals surface area (Å²) in [5, 5.41) is 1.60. The van der Waals surface area contributed by atoms with Crippen molar-refractivity contribution in [1.29, 1.82) is 0 Å². The molecule has 0 amide bonds. The van der Waals surface area contributed by atoms with Crippen LogP contribution in [-0.2, 0) is 6.42 Å². The number of anilines is 1. The minimum absolute atomic E-state index is 0.501. The van der Waals surface area contributed by atoms with Crippen LogP contribution in [0.15, 0.2) is 48.5 Å². The Hall–Kier alpha value is -2.26. The second kappa shape index (κ2) is 5.62. The van der Waals surface area contributed by atoms with Crippen molar-refractivity contribution in [2.75, 3.05) is 12.8 Å². The molecule has 0 saturated heterocycles. The van der Waals surface area contributed by atoms with Gasteiger partial charge in [-0.05, 0) is 29.3 Å². The molecule has 0 bridgehead atoms. The monoisotopic (exact) mass is 298 g/mol. The Bertz CT molecular complexity index is 802. The van der Waals surface area contributed by atoms with Gasteiger partial charge in [-0.1, -0.05) is 41.9 Å². The third kappa shape index (κ3) is 2.65. The summed E-state index contributed by atoms with van der Waals surface area (Å²) in [5.41, 5.74) is 8.87. The van der Waals surface area contributed by atoms with E-state index in [0.29, 0.717) is 17.3 Å². The summed E-state index contributed by atoms with van der Waals surface area (Å²) in [7, 11) is 1.67. The van der Waals surface area contributed by atoms with E-state index in [2.05, 4.69) is 4.98 Å². The van der Waals surface area contributed by atoms with Crippen LogP contribution in [0.25, 0.3) is 10.9 Å². The fourth-order valence-electron chi connectivity index (χ4n) is 2.42. The van der Waals surface area contributed by atoms with Gasteiger partial charge in [0.05, 0.1) is 17.6 Å². The summed E-state index contributed by atoms with van der Waals surface area (Å²) in [6, 6.07) is 15.7. The molecular formula is C17H15ClN2O. The maximum atomic E-state index is 6.15. The Morgan fingerprint density at radius 3 is 2.71 bits per heavy atom. The molecule has 0 aliphatic heterocycles. The second-order valence-corrected chi connectivity index (χ2v) is 5.24. The van der Waals surface area contributed by atoms with Gasteiger partial charge in [-0.2, -0.15) is 0 Å². The first kappa shape index (κ1) is 13.7. The molecule has 1 heterocycles. The molecule has 0 fully saturated rings. The van der Waals surface area contributed by atoms with Crippen LogP contribution in [0.4, 0.5) is 5.82 Å². The lowest BCUT2D eigenvalue weighted by Crippen LogP contribution is -2.01. The van der Waals surface area contributed by atoms with Gasteiger partial charge in [-0.15, -0.1) is 0 Å². The number of ether oxygens (including phenoxy) is 1. The molecule has 0 aliphatic rings. The predicted molar refractivity (Wildman–Crippen MR) is 87.0 cm³/mol. The van der Waals surface area contributed by atoms with E-state index in [0.717, 1.165) is 27.8 Å². The third-order valence-corrected chi connectivity index (χ3v) is 3.79. The predicted octanol–water partition coefficient (Wildman–Crippen LogP) is 4.07. The van der Waals surface area contributed by atoms with Crippen LogP contribution in [0.5, 0.6) is 5.75 Å². The van der Waals surface area contributed by atoms with Crippen LogP contribution in [-0.4, -0.2) is 12.1 Å². The number of fused-ring (bicyclic) bond motifs is 1. The highest BCUT2D eigenvalue weighted by molar-refractivity contribution is 6.35. The highest BCUT2D eigenvalue weighted by atomic mass is 35.5. The van der Waals surface area contributed by atoms with Crippen LogP contribution < -0.4 is 10.5 Å². The minimum Gasteiger partial charge on any atom is -0.496 e. The summed E-state index contributed by atoms with van der Waals surface area (Å²) >= 11 is 6.15. The number of halogens is 1. The summed E-state index contributed by atoms with van der Waals surface area (Å²) in [4.78, 5) is 4.43. The molecule has 3 aromatic rings. The van der Waals surface area contributed by atoms with Crippen molar-refractivity contribution in [3.05, 3.63) is 64.7 Å². The van der Waals surface area contributed by atoms with E-state index in [1.54, 1.807) is 7.11 Å². The van der Waals surface area contributed by atoms with Gasteiger partial charge in [0, 0.05) is 11.8 Å². The molecule has 106 valence electrons. The standard InChI is InChI=1S/C17H15ClN2O/c1-21-15-8-3-2-5-11(15)9-13-10-12-6-4-7-14(18)16(12)20-17(13)19/h2-8,10H,9H2,1H3,(H2,19,20). The average molecular weight is 299 g/mol. The molecule has 2 aromatic carbocycles. The Balaban J connectivity index is 2.07. The van der Waals surface area contributed by atoms with E-state index in [9.17, 15) is 0 Å². The lowest BCUT2D eigenvalue weighted by molar-refractivity contribution is 0.410. The largest absolute Gasteiger partial charge is 0.496 e. The number of aromatic nitrogens is 1. The Morgan fingerprint density at radius 2 is 1.90 bits per heavy atom. The maximum Gasteiger partial charge on any atom is 0.127 e. The maximum absolute atomic E-state index is 6.15. The molecule has 21 heavy (non-hydrogen) atoms. The smallest absolute Gasteiger partial charge is 0.127 e. The van der Waals surface area contributed by atoms with Gasteiger partial charge in [-0.3, -0.25) is 0 Å². The first-order valence-electron chi connectivity index (χ1n) is 6.64. The van der Waals surface area contributed by atoms with Crippen molar-refractivity contribution in [3.63, 3.8) is 0 Å². The number of rotatable bonds is 3. The van der Waals surface area contributed by atoms with Gasteiger partial charge in [0.25, 0.3) is 0 Å². The zero-order chi connectivity index (χ0) is 14.8.